The highest BCUT2D eigenvalue weighted by atomic mass is 32.2. The lowest BCUT2D eigenvalue weighted by Crippen LogP contribution is -2.11. The highest BCUT2D eigenvalue weighted by molar-refractivity contribution is 7.85. The molecule has 3 N–H and O–H groups in total. The predicted molar refractivity (Wildman–Crippen MR) is 113 cm³/mol. The summed E-state index contributed by atoms with van der Waals surface area (Å²) in [6.07, 6.45) is 1.64. The molecule has 0 saturated carbocycles. The Balaban J connectivity index is 1.88. The molecule has 7 heteroatoms. The minimum atomic E-state index is -4.30. The van der Waals surface area contributed by atoms with Crippen molar-refractivity contribution in [1.29, 1.82) is 0 Å². The van der Waals surface area contributed by atoms with Crippen LogP contribution in [0.25, 0.3) is 11.1 Å². The summed E-state index contributed by atoms with van der Waals surface area (Å²) >= 11 is 0. The van der Waals surface area contributed by atoms with Crippen LogP contribution >= 0.6 is 0 Å². The summed E-state index contributed by atoms with van der Waals surface area (Å²) in [6.45, 7) is 1.85. The van der Waals surface area contributed by atoms with Crippen molar-refractivity contribution in [2.75, 3.05) is 0 Å². The highest BCUT2D eigenvalue weighted by Crippen LogP contribution is 2.27. The monoisotopic (exact) mass is 427 g/mol. The Hall–Kier alpha value is -3.03. The average Bonchev–Trinajstić information content (AvgIpc) is 2.68. The van der Waals surface area contributed by atoms with Gasteiger partial charge in [0.25, 0.3) is 10.1 Å². The number of hydrogen-bond donors (Lipinski definition) is 2. The normalized spacial score (nSPS) is 11.4. The summed E-state index contributed by atoms with van der Waals surface area (Å²) in [5, 5.41) is 0. The molecule has 0 fully saturated rings. The number of benzene rings is 3. The summed E-state index contributed by atoms with van der Waals surface area (Å²) in [5.74, 6) is -0.911. The quantitative estimate of drug-likeness (QED) is 0.549. The van der Waals surface area contributed by atoms with Crippen molar-refractivity contribution in [3.8, 4) is 11.1 Å². The fourth-order valence-corrected chi connectivity index (χ4v) is 4.20. The van der Waals surface area contributed by atoms with Crippen molar-refractivity contribution in [1.82, 2.24) is 0 Å². The zero-order chi connectivity index (χ0) is 21.9. The first kappa shape index (κ1) is 21.7. The van der Waals surface area contributed by atoms with Gasteiger partial charge in [-0.05, 0) is 78.8 Å². The van der Waals surface area contributed by atoms with Crippen molar-refractivity contribution in [3.05, 3.63) is 88.7 Å². The molecule has 3 aromatic carbocycles. The van der Waals surface area contributed by atoms with E-state index in [1.807, 2.05) is 6.92 Å². The molecule has 0 atom stereocenters. The molecule has 30 heavy (non-hydrogen) atoms. The third-order valence-corrected chi connectivity index (χ3v) is 5.89. The van der Waals surface area contributed by atoms with Crippen LogP contribution in [0.3, 0.4) is 0 Å². The van der Waals surface area contributed by atoms with Crippen LogP contribution in [0.1, 0.15) is 33.5 Å². The maximum Gasteiger partial charge on any atom is 0.294 e. The van der Waals surface area contributed by atoms with Gasteiger partial charge in [0.15, 0.2) is 0 Å². The Morgan fingerprint density at radius 3 is 2.27 bits per heavy atom. The lowest BCUT2D eigenvalue weighted by molar-refractivity contribution is 0.100. The first-order chi connectivity index (χ1) is 14.1. The summed E-state index contributed by atoms with van der Waals surface area (Å²) < 4.78 is 46.1. The van der Waals surface area contributed by atoms with Crippen LogP contribution in [0.15, 0.2) is 65.6 Å². The third kappa shape index (κ3) is 5.11. The van der Waals surface area contributed by atoms with E-state index in [1.54, 1.807) is 42.5 Å². The molecule has 0 aromatic heterocycles. The minimum absolute atomic E-state index is 0.0871. The summed E-state index contributed by atoms with van der Waals surface area (Å²) in [5.41, 5.74) is 9.65. The van der Waals surface area contributed by atoms with Crippen LogP contribution in [0.2, 0.25) is 0 Å². The first-order valence-corrected chi connectivity index (χ1v) is 10.8. The van der Waals surface area contributed by atoms with Gasteiger partial charge < -0.3 is 5.73 Å². The largest absolute Gasteiger partial charge is 0.366 e. The van der Waals surface area contributed by atoms with Crippen LogP contribution in [0.5, 0.6) is 0 Å². The van der Waals surface area contributed by atoms with Crippen LogP contribution in [0.4, 0.5) is 4.39 Å². The van der Waals surface area contributed by atoms with Crippen molar-refractivity contribution >= 4 is 16.0 Å². The second kappa shape index (κ2) is 8.77. The molecule has 3 rings (SSSR count). The van der Waals surface area contributed by atoms with Crippen molar-refractivity contribution < 1.29 is 22.2 Å². The summed E-state index contributed by atoms with van der Waals surface area (Å²) in [7, 11) is -4.30. The zero-order valence-electron chi connectivity index (χ0n) is 16.4. The molecule has 5 nitrogen and oxygen atoms in total. The van der Waals surface area contributed by atoms with Crippen LogP contribution in [-0.4, -0.2) is 18.9 Å². The number of nitrogens with two attached hydrogens (primary N) is 1. The molecule has 3 aromatic rings. The fraction of sp³-hybridized carbons (Fsp3) is 0.174. The van der Waals surface area contributed by atoms with Crippen LogP contribution in [-0.2, 0) is 23.0 Å². The SMILES string of the molecule is Cc1ccc(S(=O)(=O)O)c(CCCc2ccc(C(N)=O)cc2-c2ccc(F)cc2)c1. The van der Waals surface area contributed by atoms with E-state index < -0.39 is 16.0 Å². The topological polar surface area (TPSA) is 97.5 Å². The molecular formula is C23H22FNO4S. The number of primary amides is 1. The summed E-state index contributed by atoms with van der Waals surface area (Å²) in [6, 6.07) is 15.9. The van der Waals surface area contributed by atoms with E-state index in [9.17, 15) is 22.2 Å². The van der Waals surface area contributed by atoms with Crippen LogP contribution in [0, 0.1) is 12.7 Å². The molecule has 0 saturated heterocycles. The van der Waals surface area contributed by atoms with Gasteiger partial charge in [-0.1, -0.05) is 35.9 Å². The van der Waals surface area contributed by atoms with E-state index in [4.69, 9.17) is 5.73 Å². The van der Waals surface area contributed by atoms with Crippen molar-refractivity contribution in [2.24, 2.45) is 5.73 Å². The summed E-state index contributed by atoms with van der Waals surface area (Å²) in [4.78, 5) is 11.5. The van der Waals surface area contributed by atoms with Gasteiger partial charge in [0.2, 0.25) is 5.91 Å². The maximum atomic E-state index is 13.3. The maximum absolute atomic E-state index is 13.3. The van der Waals surface area contributed by atoms with E-state index in [0.717, 1.165) is 22.3 Å². The van der Waals surface area contributed by atoms with E-state index in [2.05, 4.69) is 0 Å². The van der Waals surface area contributed by atoms with Gasteiger partial charge in [0.1, 0.15) is 5.82 Å². The number of hydrogen-bond acceptors (Lipinski definition) is 3. The van der Waals surface area contributed by atoms with Gasteiger partial charge in [0.05, 0.1) is 4.90 Å². The lowest BCUT2D eigenvalue weighted by atomic mass is 9.93. The number of aryl methyl sites for hydroxylation is 3. The molecular weight excluding hydrogens is 405 g/mol. The van der Waals surface area contributed by atoms with Crippen LogP contribution < -0.4 is 5.73 Å². The number of carbonyl (C=O) groups is 1. The lowest BCUT2D eigenvalue weighted by Gasteiger charge is -2.13. The van der Waals surface area contributed by atoms with Gasteiger partial charge in [-0.3, -0.25) is 9.35 Å². The highest BCUT2D eigenvalue weighted by Gasteiger charge is 2.16. The standard InChI is InChI=1S/C23H22FNO4S/c1-15-5-12-22(30(27,28)29)18(13-15)4-2-3-16-6-7-19(23(25)26)14-21(16)17-8-10-20(24)11-9-17/h5-14H,2-4H2,1H3,(H2,25,26)(H,27,28,29). The molecule has 156 valence electrons. The fourth-order valence-electron chi connectivity index (χ4n) is 3.47. The molecule has 0 spiro atoms. The molecule has 0 aliphatic carbocycles. The van der Waals surface area contributed by atoms with Gasteiger partial charge >= 0.3 is 0 Å². The number of halogens is 1. The van der Waals surface area contributed by atoms with Gasteiger partial charge in [-0.15, -0.1) is 0 Å². The Morgan fingerprint density at radius 2 is 1.63 bits per heavy atom. The molecule has 1 amide bonds. The van der Waals surface area contributed by atoms with Gasteiger partial charge in [0, 0.05) is 5.56 Å². The van der Waals surface area contributed by atoms with E-state index in [1.165, 1.54) is 18.2 Å². The predicted octanol–water partition coefficient (Wildman–Crippen LogP) is 4.32. The molecule has 0 aliphatic heterocycles. The molecule has 0 aliphatic rings. The zero-order valence-corrected chi connectivity index (χ0v) is 17.2. The second-order valence-corrected chi connectivity index (χ2v) is 8.57. The molecule has 0 heterocycles. The van der Waals surface area contributed by atoms with Crippen molar-refractivity contribution in [2.45, 2.75) is 31.1 Å². The smallest absolute Gasteiger partial charge is 0.294 e. The van der Waals surface area contributed by atoms with Gasteiger partial charge in [-0.25, -0.2) is 4.39 Å². The molecule has 0 radical (unpaired) electrons. The van der Waals surface area contributed by atoms with E-state index in [-0.39, 0.29) is 10.7 Å². The Kier molecular flexibility index (Phi) is 6.34. The molecule has 0 bridgehead atoms. The third-order valence-electron chi connectivity index (χ3n) is 4.94. The van der Waals surface area contributed by atoms with Crippen molar-refractivity contribution in [3.63, 3.8) is 0 Å². The number of amides is 1. The first-order valence-electron chi connectivity index (χ1n) is 9.41. The van der Waals surface area contributed by atoms with Gasteiger partial charge in [-0.2, -0.15) is 8.42 Å². The number of carbonyl (C=O) groups excluding carboxylic acids is 1. The Morgan fingerprint density at radius 1 is 0.967 bits per heavy atom. The average molecular weight is 427 g/mol. The molecule has 0 unspecified atom stereocenters. The van der Waals surface area contributed by atoms with E-state index >= 15 is 0 Å². The number of rotatable bonds is 7. The van der Waals surface area contributed by atoms with E-state index in [0.29, 0.717) is 30.4 Å². The Labute approximate surface area is 175 Å². The Bertz CT molecular complexity index is 1190. The second-order valence-electron chi connectivity index (χ2n) is 7.18. The minimum Gasteiger partial charge on any atom is -0.366 e.